The van der Waals surface area contributed by atoms with Gasteiger partial charge in [0.05, 0.1) is 0 Å². The van der Waals surface area contributed by atoms with Crippen molar-refractivity contribution in [2.75, 3.05) is 0 Å². The quantitative estimate of drug-likeness (QED) is 0.146. The van der Waals surface area contributed by atoms with Crippen molar-refractivity contribution in [2.45, 2.75) is 310 Å². The summed E-state index contributed by atoms with van der Waals surface area (Å²) in [7, 11) is 0. The Balaban J connectivity index is -0.000000171. The summed E-state index contributed by atoms with van der Waals surface area (Å²) in [5.74, 6) is 0. The van der Waals surface area contributed by atoms with E-state index in [1.165, 1.54) is 101 Å². The molecule has 0 heterocycles. The maximum atomic E-state index is 3.29. The molecule has 0 bridgehead atoms. The average Bonchev–Trinajstić information content (AvgIpc) is 1.56. The Morgan fingerprint density at radius 3 is 0.656 bits per heavy atom. The fourth-order valence-corrected chi connectivity index (χ4v) is 12.2. The van der Waals surface area contributed by atoms with Crippen molar-refractivity contribution in [3.63, 3.8) is 0 Å². The monoisotopic (exact) mass is 1910 g/mol. The number of benzene rings is 13. The van der Waals surface area contributed by atoms with Gasteiger partial charge in [0, 0.05) is 98.1 Å². The van der Waals surface area contributed by atoms with Crippen molar-refractivity contribution >= 4 is 10.8 Å². The first-order valence-corrected chi connectivity index (χ1v) is 46.8. The van der Waals surface area contributed by atoms with Gasteiger partial charge in [-0.05, 0) is 105 Å². The molecule has 0 atom stereocenters. The van der Waals surface area contributed by atoms with E-state index in [1.807, 2.05) is 307 Å². The summed E-state index contributed by atoms with van der Waals surface area (Å²) in [4.78, 5) is 0. The first-order valence-electron chi connectivity index (χ1n) is 46.8. The molecule has 0 saturated carbocycles. The van der Waals surface area contributed by atoms with Crippen LogP contribution in [0.3, 0.4) is 0 Å². The van der Waals surface area contributed by atoms with E-state index in [0.29, 0.717) is 5.41 Å². The van der Waals surface area contributed by atoms with Gasteiger partial charge in [0.15, 0.2) is 0 Å². The van der Waals surface area contributed by atoms with Gasteiger partial charge in [-0.15, -0.1) is 0 Å². The number of aryl methyl sites for hydroxylation is 3. The molecule has 0 aliphatic heterocycles. The van der Waals surface area contributed by atoms with Crippen LogP contribution in [-0.4, -0.2) is 0 Å². The van der Waals surface area contributed by atoms with Crippen molar-refractivity contribution in [3.05, 3.63) is 430 Å². The minimum absolute atomic E-state index is 0. The van der Waals surface area contributed by atoms with E-state index in [4.69, 9.17) is 0 Å². The van der Waals surface area contributed by atoms with Crippen LogP contribution in [0, 0.1) is 57.2 Å². The Hall–Kier alpha value is -6.57. The molecule has 15 rings (SSSR count). The maximum absolute atomic E-state index is 3.29. The molecule has 0 spiro atoms. The predicted molar refractivity (Wildman–Crippen MR) is 558 cm³/mol. The van der Waals surface area contributed by atoms with Crippen LogP contribution in [0.2, 0.25) is 0 Å². The zero-order valence-corrected chi connectivity index (χ0v) is 95.3. The van der Waals surface area contributed by atoms with Crippen LogP contribution in [-0.2, 0) is 138 Å². The van der Waals surface area contributed by atoms with Gasteiger partial charge in [-0.2, -0.15) is 215 Å². The fraction of sp³-hybridized carbons (Fsp3) is 0.377. The van der Waals surface area contributed by atoms with Crippen molar-refractivity contribution in [1.29, 1.82) is 0 Å². The summed E-state index contributed by atoms with van der Waals surface area (Å²) in [6.07, 6.45) is 2.32. The molecule has 2 aliphatic carbocycles. The largest absolute Gasteiger partial charge is 0.180 e. The standard InChI is InChI=1S/C16H16.3C15H14.C14H14.3C7H8.13C2H6.3Y/c1-16(2)11-12-7-3-4-8-13(12)14-9-5-6-10-15(14)16;3*1-15(2,13-9-5-3-6-10-13)14-11-7-4-8-12-14;1-14(2)9-11-7-3-5-10-6-4-8-12(14)13(10)11;3*1-7-5-3-2-4-6-7;13*1-2;;;/h3-10H,11H2,1-2H3;3*3-9,11H,1-2H3;3-8H,9H2,1-2H3;3*2-6H,1H3;13*1-2H3;;;/q;3*-2;;;;;;;;;;;;;;;;;;;;. The molecule has 2 aliphatic rings. The number of rotatable bonds is 6. The third-order valence-corrected chi connectivity index (χ3v) is 18.1. The van der Waals surface area contributed by atoms with Gasteiger partial charge >= 0.3 is 0 Å². The Bertz CT molecular complexity index is 3920. The molecule has 3 heteroatoms. The van der Waals surface area contributed by atoms with Crippen molar-refractivity contribution in [1.82, 2.24) is 0 Å². The smallest absolute Gasteiger partial charge is 0 e. The van der Waals surface area contributed by atoms with E-state index in [-0.39, 0.29) is 120 Å². The minimum Gasteiger partial charge on any atom is -0.180 e. The van der Waals surface area contributed by atoms with Gasteiger partial charge in [0.25, 0.3) is 0 Å². The topological polar surface area (TPSA) is 0 Å². The van der Waals surface area contributed by atoms with E-state index in [9.17, 15) is 0 Å². The molecule has 677 valence electrons. The minimum atomic E-state index is -0.0253. The summed E-state index contributed by atoms with van der Waals surface area (Å²) >= 11 is 0. The van der Waals surface area contributed by atoms with Crippen LogP contribution >= 0.6 is 0 Å². The van der Waals surface area contributed by atoms with E-state index in [1.54, 1.807) is 0 Å². The van der Waals surface area contributed by atoms with Crippen LogP contribution in [0.4, 0.5) is 0 Å². The Morgan fingerprint density at radius 1 is 0.208 bits per heavy atom. The third kappa shape index (κ3) is 52.0. The van der Waals surface area contributed by atoms with Crippen LogP contribution < -0.4 is 0 Å². The Kier molecular flexibility index (Phi) is 94.7. The predicted octanol–water partition coefficient (Wildman–Crippen LogP) is 38.0. The van der Waals surface area contributed by atoms with E-state index < -0.39 is 0 Å². The fourth-order valence-electron chi connectivity index (χ4n) is 12.2. The number of fused-ring (bicyclic) bond motifs is 3. The van der Waals surface area contributed by atoms with Crippen LogP contribution in [0.15, 0.2) is 322 Å². The van der Waals surface area contributed by atoms with Crippen molar-refractivity contribution in [3.8, 4) is 11.1 Å². The van der Waals surface area contributed by atoms with Gasteiger partial charge in [-0.1, -0.05) is 442 Å². The second-order valence-electron chi connectivity index (χ2n) is 27.6. The zero-order chi connectivity index (χ0) is 94.4. The summed E-state index contributed by atoms with van der Waals surface area (Å²) in [6.45, 7) is 80.8. The third-order valence-electron chi connectivity index (χ3n) is 18.1. The van der Waals surface area contributed by atoms with Gasteiger partial charge < -0.3 is 0 Å². The molecule has 0 amide bonds. The first kappa shape index (κ1) is 136. The van der Waals surface area contributed by atoms with Gasteiger partial charge in [0.1, 0.15) is 0 Å². The molecule has 0 fully saturated rings. The molecule has 13 aromatic rings. The summed E-state index contributed by atoms with van der Waals surface area (Å²) in [5.41, 5.74) is 20.5. The second kappa shape index (κ2) is 86.8. The molecule has 125 heavy (non-hydrogen) atoms. The van der Waals surface area contributed by atoms with Crippen LogP contribution in [0.25, 0.3) is 21.9 Å². The van der Waals surface area contributed by atoms with E-state index in [2.05, 4.69) is 321 Å². The van der Waals surface area contributed by atoms with Crippen LogP contribution in [0.5, 0.6) is 0 Å². The summed E-state index contributed by atoms with van der Waals surface area (Å²) in [5, 5.41) is 2.89. The summed E-state index contributed by atoms with van der Waals surface area (Å²) < 4.78 is 0. The van der Waals surface area contributed by atoms with Gasteiger partial charge in [0.2, 0.25) is 0 Å². The summed E-state index contributed by atoms with van der Waals surface area (Å²) in [6, 6.07) is 130. The molecule has 0 N–H and O–H groups in total. The second-order valence-corrected chi connectivity index (χ2v) is 27.6. The van der Waals surface area contributed by atoms with Crippen molar-refractivity contribution in [2.24, 2.45) is 0 Å². The Labute approximate surface area is 851 Å². The number of hydrogen-bond acceptors (Lipinski definition) is 0. The normalized spacial score (nSPS) is 10.2. The molecule has 0 nitrogen and oxygen atoms in total. The maximum Gasteiger partial charge on any atom is 0 e. The van der Waals surface area contributed by atoms with E-state index in [0.717, 1.165) is 6.42 Å². The zero-order valence-electron chi connectivity index (χ0n) is 86.7. The van der Waals surface area contributed by atoms with Gasteiger partial charge in [-0.3, -0.25) is 0 Å². The van der Waals surface area contributed by atoms with Crippen LogP contribution in [0.1, 0.15) is 322 Å². The molecule has 3 radical (unpaired) electrons. The van der Waals surface area contributed by atoms with Gasteiger partial charge in [-0.25, -0.2) is 0 Å². The van der Waals surface area contributed by atoms with Crippen molar-refractivity contribution < 1.29 is 98.1 Å². The number of hydrogen-bond donors (Lipinski definition) is 0. The molecule has 0 saturated heterocycles. The molecular formula is C122H174Y3-6. The Morgan fingerprint density at radius 2 is 0.408 bits per heavy atom. The molecular weight excluding hydrogens is 1730 g/mol. The molecule has 0 aromatic heterocycles. The van der Waals surface area contributed by atoms with E-state index >= 15 is 0 Å². The SMILES string of the molecule is CC.CC.CC.CC.CC.CC.CC.CC.CC.CC.CC.CC.CC.CC(C)(c1[c-]cccc1)c1[c-]cccc1.CC(C)(c1[c-]cccc1)c1[c-]cccc1.CC(C)(c1[c-]cccc1)c1[c-]cccc1.CC1(C)Cc2cccc3cccc1c23.CC1(C)Cc2ccccc2-c2ccccc21.Cc1ccccc1.Cc1ccccc1.Cc1ccccc1.[Y].[Y].[Y]. The molecule has 0 unspecified atom stereocenters. The first-order chi connectivity index (χ1) is 59.2. The average molecular weight is 1910 g/mol. The molecule has 13 aromatic carbocycles.